The van der Waals surface area contributed by atoms with Crippen molar-refractivity contribution in [3.63, 3.8) is 0 Å². The van der Waals surface area contributed by atoms with Crippen LogP contribution in [0.1, 0.15) is 31.2 Å². The van der Waals surface area contributed by atoms with E-state index in [0.717, 1.165) is 42.7 Å². The van der Waals surface area contributed by atoms with E-state index in [1.807, 2.05) is 18.2 Å². The largest absolute Gasteiger partial charge is 0.454 e. The first-order valence-corrected chi connectivity index (χ1v) is 14.9. The van der Waals surface area contributed by atoms with Crippen molar-refractivity contribution in [1.29, 1.82) is 0 Å². The maximum absolute atomic E-state index is 13.2. The Kier molecular flexibility index (Phi) is 7.04. The molecule has 2 fully saturated rings. The van der Waals surface area contributed by atoms with E-state index in [9.17, 15) is 16.8 Å². The first-order chi connectivity index (χ1) is 16.8. The summed E-state index contributed by atoms with van der Waals surface area (Å²) in [6, 6.07) is 11.5. The molecule has 0 saturated carbocycles. The van der Waals surface area contributed by atoms with Gasteiger partial charge in [0.05, 0.1) is 9.79 Å². The lowest BCUT2D eigenvalue weighted by molar-refractivity contribution is 0.173. The van der Waals surface area contributed by atoms with Gasteiger partial charge in [-0.25, -0.2) is 16.8 Å². The average Bonchev–Trinajstić information content (AvgIpc) is 3.15. The Labute approximate surface area is 207 Å². The van der Waals surface area contributed by atoms with Crippen molar-refractivity contribution in [3.05, 3.63) is 48.0 Å². The van der Waals surface area contributed by atoms with Crippen LogP contribution in [0.15, 0.2) is 52.3 Å². The number of sulfonamides is 2. The summed E-state index contributed by atoms with van der Waals surface area (Å²) >= 11 is 0. The van der Waals surface area contributed by atoms with Gasteiger partial charge in [0, 0.05) is 45.8 Å². The molecule has 0 radical (unpaired) electrons. The van der Waals surface area contributed by atoms with E-state index in [0.29, 0.717) is 45.8 Å². The molecule has 2 aromatic rings. The fourth-order valence-electron chi connectivity index (χ4n) is 4.79. The minimum absolute atomic E-state index is 0.122. The van der Waals surface area contributed by atoms with Gasteiger partial charge < -0.3 is 9.47 Å². The number of ether oxygens (including phenoxy) is 2. The van der Waals surface area contributed by atoms with Crippen molar-refractivity contribution in [2.75, 3.05) is 46.1 Å². The summed E-state index contributed by atoms with van der Waals surface area (Å²) in [5.41, 5.74) is 1.09. The van der Waals surface area contributed by atoms with E-state index < -0.39 is 20.0 Å². The van der Waals surface area contributed by atoms with Crippen LogP contribution in [0.5, 0.6) is 11.5 Å². The van der Waals surface area contributed by atoms with E-state index in [2.05, 4.69) is 4.90 Å². The highest BCUT2D eigenvalue weighted by Crippen LogP contribution is 2.33. The molecular weight excluding hydrogens is 490 g/mol. The Balaban J connectivity index is 1.21. The van der Waals surface area contributed by atoms with Crippen LogP contribution in [-0.4, -0.2) is 76.4 Å². The molecular formula is C24H31N3O6S2. The number of piperazine rings is 1. The van der Waals surface area contributed by atoms with Gasteiger partial charge in [-0.15, -0.1) is 0 Å². The number of hydrogen-bond donors (Lipinski definition) is 0. The molecule has 190 valence electrons. The third-order valence-corrected chi connectivity index (χ3v) is 10.7. The topological polar surface area (TPSA) is 96.5 Å². The first kappa shape index (κ1) is 24.5. The monoisotopic (exact) mass is 521 g/mol. The van der Waals surface area contributed by atoms with Crippen molar-refractivity contribution < 1.29 is 26.3 Å². The van der Waals surface area contributed by atoms with Crippen LogP contribution < -0.4 is 9.47 Å². The SMILES string of the molecule is O=S(=O)(c1ccc(S(=O)(=O)N2CCN(Cc3ccc4c(c3)OCO4)CC2)cc1)N1CCCCCC1. The highest BCUT2D eigenvalue weighted by atomic mass is 32.2. The summed E-state index contributed by atoms with van der Waals surface area (Å²) in [6.07, 6.45) is 3.78. The lowest BCUT2D eigenvalue weighted by Crippen LogP contribution is -2.48. The summed E-state index contributed by atoms with van der Waals surface area (Å²) < 4.78 is 66.2. The molecule has 35 heavy (non-hydrogen) atoms. The van der Waals surface area contributed by atoms with E-state index in [1.165, 1.54) is 32.9 Å². The molecule has 0 atom stereocenters. The Bertz CT molecular complexity index is 1250. The second kappa shape index (κ2) is 10.1. The van der Waals surface area contributed by atoms with Crippen LogP contribution in [0.4, 0.5) is 0 Å². The molecule has 0 amide bonds. The zero-order valence-electron chi connectivity index (χ0n) is 19.6. The molecule has 0 aromatic heterocycles. The van der Waals surface area contributed by atoms with Gasteiger partial charge in [-0.2, -0.15) is 8.61 Å². The molecule has 3 heterocycles. The summed E-state index contributed by atoms with van der Waals surface area (Å²) in [5.74, 6) is 1.49. The summed E-state index contributed by atoms with van der Waals surface area (Å²) in [5, 5.41) is 0. The lowest BCUT2D eigenvalue weighted by Gasteiger charge is -2.34. The molecule has 0 N–H and O–H groups in total. The summed E-state index contributed by atoms with van der Waals surface area (Å²) in [4.78, 5) is 2.48. The van der Waals surface area contributed by atoms with Gasteiger partial charge in [-0.3, -0.25) is 4.90 Å². The van der Waals surface area contributed by atoms with Crippen LogP contribution in [0.2, 0.25) is 0 Å². The number of nitrogens with zero attached hydrogens (tertiary/aromatic N) is 3. The average molecular weight is 522 g/mol. The predicted molar refractivity (Wildman–Crippen MR) is 130 cm³/mol. The molecule has 0 aliphatic carbocycles. The first-order valence-electron chi connectivity index (χ1n) is 12.1. The van der Waals surface area contributed by atoms with Gasteiger partial charge >= 0.3 is 0 Å². The van der Waals surface area contributed by atoms with Crippen molar-refractivity contribution in [2.45, 2.75) is 42.0 Å². The van der Waals surface area contributed by atoms with Crippen molar-refractivity contribution in [3.8, 4) is 11.5 Å². The molecule has 3 aliphatic heterocycles. The van der Waals surface area contributed by atoms with Crippen LogP contribution in [0, 0.1) is 0 Å². The van der Waals surface area contributed by atoms with Crippen LogP contribution in [-0.2, 0) is 26.6 Å². The minimum atomic E-state index is -3.70. The third-order valence-electron chi connectivity index (χ3n) is 6.84. The normalized spacial score (nSPS) is 20.6. The second-order valence-corrected chi connectivity index (χ2v) is 13.0. The maximum Gasteiger partial charge on any atom is 0.243 e. The van der Waals surface area contributed by atoms with Gasteiger partial charge in [0.15, 0.2) is 11.5 Å². The molecule has 5 rings (SSSR count). The Morgan fingerprint density at radius 2 is 1.17 bits per heavy atom. The highest BCUT2D eigenvalue weighted by molar-refractivity contribution is 7.89. The van der Waals surface area contributed by atoms with Crippen LogP contribution >= 0.6 is 0 Å². The molecule has 3 aliphatic rings. The van der Waals surface area contributed by atoms with Crippen molar-refractivity contribution in [1.82, 2.24) is 13.5 Å². The molecule has 9 nitrogen and oxygen atoms in total. The molecule has 2 aromatic carbocycles. The molecule has 0 bridgehead atoms. The van der Waals surface area contributed by atoms with Gasteiger partial charge in [0.25, 0.3) is 0 Å². The zero-order valence-corrected chi connectivity index (χ0v) is 21.3. The van der Waals surface area contributed by atoms with E-state index >= 15 is 0 Å². The van der Waals surface area contributed by atoms with Gasteiger partial charge in [-0.05, 0) is 54.8 Å². The van der Waals surface area contributed by atoms with Gasteiger partial charge in [-0.1, -0.05) is 18.9 Å². The Morgan fingerprint density at radius 3 is 1.77 bits per heavy atom. The summed E-state index contributed by atoms with van der Waals surface area (Å²) in [6.45, 7) is 3.93. The maximum atomic E-state index is 13.2. The minimum Gasteiger partial charge on any atom is -0.454 e. The van der Waals surface area contributed by atoms with Crippen LogP contribution in [0.25, 0.3) is 0 Å². The van der Waals surface area contributed by atoms with Gasteiger partial charge in [0.1, 0.15) is 0 Å². The Morgan fingerprint density at radius 1 is 0.629 bits per heavy atom. The summed E-state index contributed by atoms with van der Waals surface area (Å²) in [7, 11) is -7.31. The molecule has 11 heteroatoms. The molecule has 2 saturated heterocycles. The second-order valence-electron chi connectivity index (χ2n) is 9.16. The number of benzene rings is 2. The van der Waals surface area contributed by atoms with Gasteiger partial charge in [0.2, 0.25) is 26.8 Å². The Hall–Kier alpha value is -2.18. The van der Waals surface area contributed by atoms with E-state index in [-0.39, 0.29) is 16.6 Å². The molecule has 0 unspecified atom stereocenters. The number of rotatable bonds is 6. The predicted octanol–water partition coefficient (Wildman–Crippen LogP) is 2.49. The quantitative estimate of drug-likeness (QED) is 0.576. The lowest BCUT2D eigenvalue weighted by atomic mass is 10.2. The number of hydrogen-bond acceptors (Lipinski definition) is 7. The van der Waals surface area contributed by atoms with E-state index in [1.54, 1.807) is 0 Å². The van der Waals surface area contributed by atoms with Crippen LogP contribution in [0.3, 0.4) is 0 Å². The van der Waals surface area contributed by atoms with Crippen molar-refractivity contribution >= 4 is 20.0 Å². The zero-order chi connectivity index (χ0) is 24.5. The smallest absolute Gasteiger partial charge is 0.243 e. The van der Waals surface area contributed by atoms with Crippen molar-refractivity contribution in [2.24, 2.45) is 0 Å². The van der Waals surface area contributed by atoms with E-state index in [4.69, 9.17) is 9.47 Å². The standard InChI is InChI=1S/C24H31N3O6S2/c28-34(29,26-11-3-1-2-4-12-26)21-6-8-22(9-7-21)35(30,31)27-15-13-25(14-16-27)18-20-5-10-23-24(17-20)33-19-32-23/h5-10,17H,1-4,11-16,18-19H2. The molecule has 0 spiro atoms. The third kappa shape index (κ3) is 5.19. The number of fused-ring (bicyclic) bond motifs is 1. The fraction of sp³-hybridized carbons (Fsp3) is 0.500. The highest BCUT2D eigenvalue weighted by Gasteiger charge is 2.30. The fourth-order valence-corrected chi connectivity index (χ4v) is 7.73.